The summed E-state index contributed by atoms with van der Waals surface area (Å²) in [6.07, 6.45) is 3.50. The Bertz CT molecular complexity index is 403. The highest BCUT2D eigenvalue weighted by Gasteiger charge is 2.09. The topological polar surface area (TPSA) is 60.2 Å². The molecule has 98 valence electrons. The lowest BCUT2D eigenvalue weighted by Crippen LogP contribution is -2.03. The molecule has 0 heterocycles. The van der Waals surface area contributed by atoms with E-state index >= 15 is 0 Å². The molecule has 0 unspecified atom stereocenters. The van der Waals surface area contributed by atoms with Crippen LogP contribution in [0.3, 0.4) is 0 Å². The van der Waals surface area contributed by atoms with E-state index in [1.54, 1.807) is 11.8 Å². The van der Waals surface area contributed by atoms with Crippen LogP contribution in [-0.2, 0) is 0 Å². The first-order valence-electron chi connectivity index (χ1n) is 6.00. The van der Waals surface area contributed by atoms with Gasteiger partial charge in [0.2, 0.25) is 0 Å². The van der Waals surface area contributed by atoms with Gasteiger partial charge in [-0.05, 0) is 24.3 Å². The van der Waals surface area contributed by atoms with E-state index in [0.717, 1.165) is 12.2 Å². The maximum atomic E-state index is 11.8. The van der Waals surface area contributed by atoms with Crippen LogP contribution in [-0.4, -0.2) is 22.2 Å². The number of ketones is 1. The van der Waals surface area contributed by atoms with Gasteiger partial charge in [0.25, 0.3) is 5.69 Å². The number of hydrogen-bond donors (Lipinski definition) is 0. The average Bonchev–Trinajstić information content (AvgIpc) is 2.38. The quantitative estimate of drug-likeness (QED) is 0.312. The second-order valence-electron chi connectivity index (χ2n) is 3.99. The Morgan fingerprint density at radius 2 is 1.94 bits per heavy atom. The van der Waals surface area contributed by atoms with Crippen LogP contribution in [0.5, 0.6) is 0 Å². The van der Waals surface area contributed by atoms with Crippen molar-refractivity contribution in [2.24, 2.45) is 0 Å². The van der Waals surface area contributed by atoms with Gasteiger partial charge in [-0.3, -0.25) is 14.9 Å². The fourth-order valence-corrected chi connectivity index (χ4v) is 2.38. The van der Waals surface area contributed by atoms with Crippen molar-refractivity contribution in [2.45, 2.75) is 26.2 Å². The summed E-state index contributed by atoms with van der Waals surface area (Å²) in [7, 11) is 0. The zero-order valence-electron chi connectivity index (χ0n) is 10.4. The van der Waals surface area contributed by atoms with Crippen LogP contribution in [0.25, 0.3) is 0 Å². The SMILES string of the molecule is CCCCCSCC(=O)c1ccc([N+](=O)[O-])cc1. The average molecular weight is 267 g/mol. The summed E-state index contributed by atoms with van der Waals surface area (Å²) < 4.78 is 0. The van der Waals surface area contributed by atoms with Gasteiger partial charge in [0.15, 0.2) is 5.78 Å². The predicted molar refractivity (Wildman–Crippen MR) is 74.3 cm³/mol. The van der Waals surface area contributed by atoms with Gasteiger partial charge in [-0.15, -0.1) is 0 Å². The minimum atomic E-state index is -0.465. The molecule has 0 fully saturated rings. The minimum absolute atomic E-state index is 0.0159. The third-order valence-corrected chi connectivity index (χ3v) is 3.57. The fraction of sp³-hybridized carbons (Fsp3) is 0.462. The largest absolute Gasteiger partial charge is 0.293 e. The molecule has 1 aromatic carbocycles. The van der Waals surface area contributed by atoms with Crippen molar-refractivity contribution in [1.29, 1.82) is 0 Å². The van der Waals surface area contributed by atoms with Gasteiger partial charge < -0.3 is 0 Å². The Morgan fingerprint density at radius 3 is 2.50 bits per heavy atom. The number of hydrogen-bond acceptors (Lipinski definition) is 4. The molecule has 1 aromatic rings. The maximum Gasteiger partial charge on any atom is 0.269 e. The highest BCUT2D eigenvalue weighted by molar-refractivity contribution is 7.99. The lowest BCUT2D eigenvalue weighted by atomic mass is 10.1. The summed E-state index contributed by atoms with van der Waals surface area (Å²) in [4.78, 5) is 21.8. The van der Waals surface area contributed by atoms with Gasteiger partial charge >= 0.3 is 0 Å². The first-order valence-corrected chi connectivity index (χ1v) is 7.16. The first-order chi connectivity index (χ1) is 8.65. The van der Waals surface area contributed by atoms with Crippen LogP contribution in [0.2, 0.25) is 0 Å². The van der Waals surface area contributed by atoms with E-state index in [1.165, 1.54) is 37.1 Å². The van der Waals surface area contributed by atoms with Gasteiger partial charge in [-0.1, -0.05) is 19.8 Å². The van der Waals surface area contributed by atoms with Crippen molar-refractivity contribution < 1.29 is 9.72 Å². The number of benzene rings is 1. The van der Waals surface area contributed by atoms with Crippen LogP contribution in [0.15, 0.2) is 24.3 Å². The number of nitro groups is 1. The number of non-ortho nitro benzene ring substituents is 1. The van der Waals surface area contributed by atoms with E-state index < -0.39 is 4.92 Å². The second kappa shape index (κ2) is 7.87. The lowest BCUT2D eigenvalue weighted by Gasteiger charge is -2.01. The molecule has 18 heavy (non-hydrogen) atoms. The van der Waals surface area contributed by atoms with Crippen LogP contribution in [0, 0.1) is 10.1 Å². The third kappa shape index (κ3) is 4.87. The van der Waals surface area contributed by atoms with E-state index in [2.05, 4.69) is 6.92 Å². The summed E-state index contributed by atoms with van der Waals surface area (Å²) in [6.45, 7) is 2.15. The van der Waals surface area contributed by atoms with Crippen molar-refractivity contribution in [3.8, 4) is 0 Å². The van der Waals surface area contributed by atoms with Gasteiger partial charge in [0.1, 0.15) is 0 Å². The molecule has 5 heteroatoms. The molecule has 0 aliphatic carbocycles. The van der Waals surface area contributed by atoms with Crippen LogP contribution >= 0.6 is 11.8 Å². The monoisotopic (exact) mass is 267 g/mol. The highest BCUT2D eigenvalue weighted by atomic mass is 32.2. The first kappa shape index (κ1) is 14.7. The second-order valence-corrected chi connectivity index (χ2v) is 5.09. The number of carbonyl (C=O) groups is 1. The number of unbranched alkanes of at least 4 members (excludes halogenated alkanes) is 2. The molecule has 0 radical (unpaired) electrons. The molecule has 4 nitrogen and oxygen atoms in total. The molecular weight excluding hydrogens is 250 g/mol. The number of nitrogens with zero attached hydrogens (tertiary/aromatic N) is 1. The summed E-state index contributed by atoms with van der Waals surface area (Å²) in [5, 5.41) is 10.5. The Hall–Kier alpha value is -1.36. The zero-order valence-corrected chi connectivity index (χ0v) is 11.2. The lowest BCUT2D eigenvalue weighted by molar-refractivity contribution is -0.384. The fourth-order valence-electron chi connectivity index (χ4n) is 1.47. The van der Waals surface area contributed by atoms with E-state index in [0.29, 0.717) is 11.3 Å². The molecular formula is C13H17NO3S. The minimum Gasteiger partial charge on any atom is -0.293 e. The van der Waals surface area contributed by atoms with E-state index in [-0.39, 0.29) is 11.5 Å². The van der Waals surface area contributed by atoms with Crippen molar-refractivity contribution in [3.63, 3.8) is 0 Å². The van der Waals surface area contributed by atoms with Gasteiger partial charge in [0, 0.05) is 17.7 Å². The van der Waals surface area contributed by atoms with Crippen LogP contribution in [0.1, 0.15) is 36.5 Å². The third-order valence-electron chi connectivity index (χ3n) is 2.53. The van der Waals surface area contributed by atoms with Crippen molar-refractivity contribution in [1.82, 2.24) is 0 Å². The summed E-state index contributed by atoms with van der Waals surface area (Å²) in [5.41, 5.74) is 0.561. The number of thioether (sulfide) groups is 1. The molecule has 1 rings (SSSR count). The van der Waals surface area contributed by atoms with Gasteiger partial charge in [-0.25, -0.2) is 0 Å². The summed E-state index contributed by atoms with van der Waals surface area (Å²) in [6, 6.07) is 5.78. The Morgan fingerprint density at radius 1 is 1.28 bits per heavy atom. The molecule has 0 bridgehead atoms. The van der Waals surface area contributed by atoms with E-state index in [1.807, 2.05) is 0 Å². The molecule has 0 atom stereocenters. The van der Waals surface area contributed by atoms with E-state index in [9.17, 15) is 14.9 Å². The van der Waals surface area contributed by atoms with Crippen molar-refractivity contribution in [2.75, 3.05) is 11.5 Å². The number of rotatable bonds is 8. The number of nitro benzene ring substituents is 1. The van der Waals surface area contributed by atoms with Crippen LogP contribution < -0.4 is 0 Å². The smallest absolute Gasteiger partial charge is 0.269 e. The van der Waals surface area contributed by atoms with Crippen LogP contribution in [0.4, 0.5) is 5.69 Å². The normalized spacial score (nSPS) is 10.3. The van der Waals surface area contributed by atoms with Gasteiger partial charge in [-0.2, -0.15) is 11.8 Å². The molecule has 0 aliphatic rings. The van der Waals surface area contributed by atoms with Crippen molar-refractivity contribution in [3.05, 3.63) is 39.9 Å². The summed E-state index contributed by atoms with van der Waals surface area (Å²) >= 11 is 1.62. The molecule has 0 saturated carbocycles. The molecule has 0 saturated heterocycles. The zero-order chi connectivity index (χ0) is 13.4. The predicted octanol–water partition coefficient (Wildman–Crippen LogP) is 3.70. The Balaban J connectivity index is 2.39. The molecule has 0 N–H and O–H groups in total. The standard InChI is InChI=1S/C13H17NO3S/c1-2-3-4-9-18-10-13(15)11-5-7-12(8-6-11)14(16)17/h5-8H,2-4,9-10H2,1H3. The van der Waals surface area contributed by atoms with Gasteiger partial charge in [0.05, 0.1) is 10.7 Å². The Labute approximate surface area is 111 Å². The molecule has 0 aromatic heterocycles. The number of Topliss-reactive ketones (excluding diaryl/α,β-unsaturated/α-hetero) is 1. The molecule has 0 amide bonds. The highest BCUT2D eigenvalue weighted by Crippen LogP contribution is 2.14. The molecule has 0 aliphatic heterocycles. The Kier molecular flexibility index (Phi) is 6.43. The van der Waals surface area contributed by atoms with E-state index in [4.69, 9.17) is 0 Å². The summed E-state index contributed by atoms with van der Waals surface area (Å²) in [5.74, 6) is 1.47. The number of carbonyl (C=O) groups excluding carboxylic acids is 1. The van der Waals surface area contributed by atoms with Crippen molar-refractivity contribution >= 4 is 23.2 Å². The maximum absolute atomic E-state index is 11.8. The molecule has 0 spiro atoms.